The molecule has 106 valence electrons. The minimum Gasteiger partial charge on any atom is -0.395 e. The van der Waals surface area contributed by atoms with Crippen LogP contribution in [0.5, 0.6) is 0 Å². The quantitative estimate of drug-likeness (QED) is 0.722. The summed E-state index contributed by atoms with van der Waals surface area (Å²) in [6.07, 6.45) is 1.20. The van der Waals surface area contributed by atoms with Crippen LogP contribution in [0.2, 0.25) is 0 Å². The fourth-order valence-electron chi connectivity index (χ4n) is 2.76. The molecular weight excluding hydrogens is 230 g/mol. The first-order chi connectivity index (χ1) is 8.79. The number of aliphatic hydroxyl groups excluding tert-OH is 1. The van der Waals surface area contributed by atoms with Crippen LogP contribution in [0, 0.1) is 0 Å². The van der Waals surface area contributed by atoms with E-state index in [0.717, 1.165) is 59.0 Å². The lowest BCUT2D eigenvalue weighted by Crippen LogP contribution is -2.45. The molecule has 1 N–H and O–H groups in total. The molecule has 18 heavy (non-hydrogen) atoms. The van der Waals surface area contributed by atoms with Gasteiger partial charge >= 0.3 is 0 Å². The second-order valence-electron chi connectivity index (χ2n) is 5.43. The van der Waals surface area contributed by atoms with Crippen molar-refractivity contribution in [2.45, 2.75) is 12.5 Å². The van der Waals surface area contributed by atoms with Gasteiger partial charge in [-0.15, -0.1) is 0 Å². The van der Waals surface area contributed by atoms with Crippen LogP contribution in [-0.4, -0.2) is 98.5 Å². The summed E-state index contributed by atoms with van der Waals surface area (Å²) in [5, 5.41) is 9.43. The molecule has 0 spiro atoms. The van der Waals surface area contributed by atoms with Crippen LogP contribution in [0.1, 0.15) is 6.42 Å². The minimum atomic E-state index is 0.268. The van der Waals surface area contributed by atoms with Gasteiger partial charge in [0.2, 0.25) is 0 Å². The summed E-state index contributed by atoms with van der Waals surface area (Å²) >= 11 is 0. The minimum absolute atomic E-state index is 0.268. The maximum atomic E-state index is 9.43. The smallest absolute Gasteiger partial charge is 0.0599 e. The number of likely N-dealkylation sites (N-methyl/N-ethyl adjacent to an activating group) is 1. The Balaban J connectivity index is 1.73. The van der Waals surface area contributed by atoms with Crippen molar-refractivity contribution in [3.05, 3.63) is 0 Å². The molecule has 0 radical (unpaired) electrons. The third-order valence-corrected chi connectivity index (χ3v) is 4.12. The fourth-order valence-corrected chi connectivity index (χ4v) is 2.76. The molecule has 0 aromatic carbocycles. The van der Waals surface area contributed by atoms with E-state index >= 15 is 0 Å². The molecule has 0 aromatic heterocycles. The van der Waals surface area contributed by atoms with Crippen molar-refractivity contribution in [1.82, 2.24) is 14.7 Å². The molecule has 0 amide bonds. The van der Waals surface area contributed by atoms with Gasteiger partial charge in [0.25, 0.3) is 0 Å². The topological polar surface area (TPSA) is 39.2 Å². The Morgan fingerprint density at radius 2 is 1.78 bits per heavy atom. The van der Waals surface area contributed by atoms with E-state index in [4.69, 9.17) is 4.74 Å². The molecule has 0 aromatic rings. The van der Waals surface area contributed by atoms with Gasteiger partial charge in [0.05, 0.1) is 19.8 Å². The van der Waals surface area contributed by atoms with Crippen molar-refractivity contribution >= 4 is 0 Å². The van der Waals surface area contributed by atoms with Gasteiger partial charge in [-0.25, -0.2) is 0 Å². The van der Waals surface area contributed by atoms with Gasteiger partial charge in [0.15, 0.2) is 0 Å². The molecule has 2 aliphatic rings. The predicted molar refractivity (Wildman–Crippen MR) is 71.8 cm³/mol. The Morgan fingerprint density at radius 3 is 2.50 bits per heavy atom. The summed E-state index contributed by atoms with van der Waals surface area (Å²) in [4.78, 5) is 7.26. The number of rotatable bonds is 4. The van der Waals surface area contributed by atoms with Crippen LogP contribution >= 0.6 is 0 Å². The first kappa shape index (κ1) is 14.2. The largest absolute Gasteiger partial charge is 0.395 e. The van der Waals surface area contributed by atoms with Gasteiger partial charge in [-0.3, -0.25) is 9.80 Å². The van der Waals surface area contributed by atoms with Crippen molar-refractivity contribution < 1.29 is 9.84 Å². The lowest BCUT2D eigenvalue weighted by molar-refractivity contribution is 0.0323. The molecule has 0 bridgehead atoms. The second-order valence-corrected chi connectivity index (χ2v) is 5.43. The molecule has 2 fully saturated rings. The van der Waals surface area contributed by atoms with Crippen molar-refractivity contribution in [2.75, 3.05) is 72.7 Å². The molecule has 1 atom stereocenters. The molecule has 0 aliphatic carbocycles. The zero-order chi connectivity index (χ0) is 12.8. The highest BCUT2D eigenvalue weighted by molar-refractivity contribution is 4.78. The summed E-state index contributed by atoms with van der Waals surface area (Å²) in [5.41, 5.74) is 0. The lowest BCUT2D eigenvalue weighted by atomic mass is 10.2. The molecule has 0 saturated carbocycles. The monoisotopic (exact) mass is 257 g/mol. The maximum absolute atomic E-state index is 9.43. The number of morpholine rings is 1. The van der Waals surface area contributed by atoms with Crippen LogP contribution in [0.25, 0.3) is 0 Å². The van der Waals surface area contributed by atoms with Gasteiger partial charge in [-0.2, -0.15) is 0 Å². The summed E-state index contributed by atoms with van der Waals surface area (Å²) in [6, 6.07) is 0.303. The standard InChI is InChI=1S/C13H27N3O2/c1-14-3-2-4-16(11-13(14)12-17)6-5-15-7-9-18-10-8-15/h13,17H,2-12H2,1H3. The first-order valence-corrected chi connectivity index (χ1v) is 7.13. The van der Waals surface area contributed by atoms with Crippen molar-refractivity contribution in [3.63, 3.8) is 0 Å². The summed E-state index contributed by atoms with van der Waals surface area (Å²) in [5.74, 6) is 0. The van der Waals surface area contributed by atoms with E-state index in [1.165, 1.54) is 6.42 Å². The molecule has 2 heterocycles. The van der Waals surface area contributed by atoms with E-state index in [1.54, 1.807) is 0 Å². The average molecular weight is 257 g/mol. The number of nitrogens with zero attached hydrogens (tertiary/aromatic N) is 3. The lowest BCUT2D eigenvalue weighted by Gasteiger charge is -2.31. The van der Waals surface area contributed by atoms with Gasteiger partial charge < -0.3 is 14.7 Å². The molecule has 5 heteroatoms. The molecule has 2 saturated heterocycles. The van der Waals surface area contributed by atoms with Gasteiger partial charge in [-0.05, 0) is 26.6 Å². The Bertz CT molecular complexity index is 234. The molecule has 1 unspecified atom stereocenters. The van der Waals surface area contributed by atoms with Crippen LogP contribution in [0.3, 0.4) is 0 Å². The summed E-state index contributed by atoms with van der Waals surface area (Å²) < 4.78 is 5.37. The third kappa shape index (κ3) is 4.17. The highest BCUT2D eigenvalue weighted by Gasteiger charge is 2.22. The van der Waals surface area contributed by atoms with E-state index < -0.39 is 0 Å². The van der Waals surface area contributed by atoms with Gasteiger partial charge in [-0.1, -0.05) is 0 Å². The highest BCUT2D eigenvalue weighted by Crippen LogP contribution is 2.08. The van der Waals surface area contributed by atoms with Crippen LogP contribution in [-0.2, 0) is 4.74 Å². The second kappa shape index (κ2) is 7.40. The van der Waals surface area contributed by atoms with E-state index in [1.807, 2.05) is 0 Å². The van der Waals surface area contributed by atoms with Gasteiger partial charge in [0.1, 0.15) is 0 Å². The average Bonchev–Trinajstić information content (AvgIpc) is 2.59. The number of hydrogen-bond donors (Lipinski definition) is 1. The Hall–Kier alpha value is -0.200. The Morgan fingerprint density at radius 1 is 1.06 bits per heavy atom. The zero-order valence-corrected chi connectivity index (χ0v) is 11.6. The van der Waals surface area contributed by atoms with Crippen LogP contribution < -0.4 is 0 Å². The van der Waals surface area contributed by atoms with Crippen LogP contribution in [0.15, 0.2) is 0 Å². The number of ether oxygens (including phenoxy) is 1. The highest BCUT2D eigenvalue weighted by atomic mass is 16.5. The van der Waals surface area contributed by atoms with Crippen molar-refractivity contribution in [3.8, 4) is 0 Å². The third-order valence-electron chi connectivity index (χ3n) is 4.12. The molecule has 2 rings (SSSR count). The van der Waals surface area contributed by atoms with E-state index in [-0.39, 0.29) is 6.61 Å². The van der Waals surface area contributed by atoms with Crippen LogP contribution in [0.4, 0.5) is 0 Å². The normalized spacial score (nSPS) is 29.3. The first-order valence-electron chi connectivity index (χ1n) is 7.13. The van der Waals surface area contributed by atoms with E-state index in [0.29, 0.717) is 6.04 Å². The summed E-state index contributed by atoms with van der Waals surface area (Å²) in [7, 11) is 2.12. The van der Waals surface area contributed by atoms with Crippen molar-refractivity contribution in [2.24, 2.45) is 0 Å². The fraction of sp³-hybridized carbons (Fsp3) is 1.00. The molecule has 5 nitrogen and oxygen atoms in total. The number of hydrogen-bond acceptors (Lipinski definition) is 5. The SMILES string of the molecule is CN1CCCN(CCN2CCOCC2)CC1CO. The van der Waals surface area contributed by atoms with E-state index in [2.05, 4.69) is 21.7 Å². The Labute approximate surface area is 110 Å². The van der Waals surface area contributed by atoms with Gasteiger partial charge in [0, 0.05) is 38.8 Å². The predicted octanol–water partition coefficient (Wildman–Crippen LogP) is -0.683. The zero-order valence-electron chi connectivity index (χ0n) is 11.6. The molecular formula is C13H27N3O2. The van der Waals surface area contributed by atoms with E-state index in [9.17, 15) is 5.11 Å². The maximum Gasteiger partial charge on any atom is 0.0599 e. The number of aliphatic hydroxyl groups is 1. The van der Waals surface area contributed by atoms with Crippen molar-refractivity contribution in [1.29, 1.82) is 0 Å². The molecule has 2 aliphatic heterocycles. The summed E-state index contributed by atoms with van der Waals surface area (Å²) in [6.45, 7) is 9.65. The Kier molecular flexibility index (Phi) is 5.85.